The van der Waals surface area contributed by atoms with Crippen LogP contribution in [0.25, 0.3) is 0 Å². The number of carbonyl (C=O) groups is 2. The number of hydrogen-bond donors (Lipinski definition) is 3. The molecule has 0 aliphatic heterocycles. The van der Waals surface area contributed by atoms with Crippen molar-refractivity contribution in [2.24, 2.45) is 0 Å². The zero-order valence-corrected chi connectivity index (χ0v) is 43.2. The molecule has 0 bridgehead atoms. The van der Waals surface area contributed by atoms with Crippen LogP contribution in [0.4, 0.5) is 0 Å². The predicted octanol–water partition coefficient (Wildman–Crippen LogP) is 17.5. The molecule has 0 aromatic rings. The maximum Gasteiger partial charge on any atom is 0.306 e. The van der Waals surface area contributed by atoms with Crippen LogP contribution in [0.5, 0.6) is 0 Å². The lowest BCUT2D eigenvalue weighted by atomic mass is 10.0. The van der Waals surface area contributed by atoms with E-state index in [9.17, 15) is 19.8 Å². The third-order valence-electron chi connectivity index (χ3n) is 13.3. The van der Waals surface area contributed by atoms with Crippen LogP contribution < -0.4 is 5.32 Å². The van der Waals surface area contributed by atoms with E-state index in [0.717, 1.165) is 57.8 Å². The Morgan fingerprint density at radius 1 is 0.438 bits per heavy atom. The molecular formula is C58H111NO5. The number of amides is 1. The number of esters is 1. The number of rotatable bonds is 52. The predicted molar refractivity (Wildman–Crippen MR) is 278 cm³/mol. The van der Waals surface area contributed by atoms with Gasteiger partial charge in [0.15, 0.2) is 0 Å². The molecule has 1 amide bonds. The molecule has 3 N–H and O–H groups in total. The van der Waals surface area contributed by atoms with E-state index in [1.807, 2.05) is 0 Å². The van der Waals surface area contributed by atoms with Crippen molar-refractivity contribution in [2.75, 3.05) is 6.61 Å². The zero-order chi connectivity index (χ0) is 46.7. The lowest BCUT2D eigenvalue weighted by Crippen LogP contribution is -2.46. The van der Waals surface area contributed by atoms with Gasteiger partial charge in [0.1, 0.15) is 6.10 Å². The molecule has 0 spiro atoms. The minimum absolute atomic E-state index is 0.0747. The second-order valence-electron chi connectivity index (χ2n) is 19.7. The molecule has 0 saturated carbocycles. The van der Waals surface area contributed by atoms with E-state index < -0.39 is 18.2 Å². The van der Waals surface area contributed by atoms with E-state index in [1.165, 1.54) is 205 Å². The summed E-state index contributed by atoms with van der Waals surface area (Å²) in [6.07, 6.45) is 61.0. The number of hydrogen-bond acceptors (Lipinski definition) is 5. The van der Waals surface area contributed by atoms with Crippen molar-refractivity contribution in [1.29, 1.82) is 0 Å². The van der Waals surface area contributed by atoms with Crippen molar-refractivity contribution >= 4 is 11.9 Å². The first-order chi connectivity index (χ1) is 31.5. The van der Waals surface area contributed by atoms with E-state index >= 15 is 0 Å². The quantitative estimate of drug-likeness (QED) is 0.0321. The van der Waals surface area contributed by atoms with Gasteiger partial charge in [-0.3, -0.25) is 9.59 Å². The number of carbonyl (C=O) groups excluding carboxylic acids is 2. The third kappa shape index (κ3) is 46.9. The highest BCUT2D eigenvalue weighted by atomic mass is 16.5. The van der Waals surface area contributed by atoms with Crippen LogP contribution in [0.2, 0.25) is 0 Å². The Balaban J connectivity index is 4.55. The molecule has 0 aromatic carbocycles. The fraction of sp³-hybridized carbons (Fsp3) is 0.897. The Morgan fingerprint density at radius 3 is 1.11 bits per heavy atom. The summed E-state index contributed by atoms with van der Waals surface area (Å²) >= 11 is 0. The Bertz CT molecular complexity index is 1010. The van der Waals surface area contributed by atoms with Gasteiger partial charge in [0.25, 0.3) is 0 Å². The summed E-state index contributed by atoms with van der Waals surface area (Å²) in [6.45, 7) is 6.50. The number of unbranched alkanes of at least 4 members (excludes halogenated alkanes) is 36. The lowest BCUT2D eigenvalue weighted by Gasteiger charge is -2.24. The first-order valence-corrected chi connectivity index (χ1v) is 28.6. The zero-order valence-electron chi connectivity index (χ0n) is 43.2. The van der Waals surface area contributed by atoms with Gasteiger partial charge in [0.05, 0.1) is 25.2 Å². The number of aliphatic hydroxyl groups excluding tert-OH is 2. The van der Waals surface area contributed by atoms with Gasteiger partial charge >= 0.3 is 5.97 Å². The first kappa shape index (κ1) is 62.3. The van der Waals surface area contributed by atoms with Gasteiger partial charge in [-0.2, -0.15) is 0 Å². The molecule has 0 aromatic heterocycles. The molecule has 0 aliphatic rings. The number of aliphatic hydroxyl groups is 2. The normalized spacial score (nSPS) is 13.3. The number of ether oxygens (including phenoxy) is 1. The largest absolute Gasteiger partial charge is 0.462 e. The first-order valence-electron chi connectivity index (χ1n) is 28.6. The molecule has 0 heterocycles. The van der Waals surface area contributed by atoms with Gasteiger partial charge in [-0.15, -0.1) is 0 Å². The maximum atomic E-state index is 13.2. The van der Waals surface area contributed by atoms with Crippen molar-refractivity contribution in [1.82, 2.24) is 5.32 Å². The van der Waals surface area contributed by atoms with Crippen molar-refractivity contribution in [3.63, 3.8) is 0 Å². The van der Waals surface area contributed by atoms with Gasteiger partial charge in [-0.05, 0) is 77.0 Å². The van der Waals surface area contributed by atoms with Gasteiger partial charge in [-0.25, -0.2) is 0 Å². The van der Waals surface area contributed by atoms with Crippen molar-refractivity contribution in [3.8, 4) is 0 Å². The molecule has 3 atom stereocenters. The summed E-state index contributed by atoms with van der Waals surface area (Å²) in [5, 5.41) is 23.8. The van der Waals surface area contributed by atoms with E-state index in [0.29, 0.717) is 19.3 Å². The van der Waals surface area contributed by atoms with Gasteiger partial charge in [-0.1, -0.05) is 244 Å². The lowest BCUT2D eigenvalue weighted by molar-refractivity contribution is -0.151. The Labute approximate surface area is 399 Å². The molecule has 378 valence electrons. The SMILES string of the molecule is CCCCCCCC/C=C/CCCCCCCCCC(=O)OC(CCCCCCC/C=C/CCCCCCCC)CC(=O)NC(CO)C(O)CCCCCCCCCCCCCCC. The van der Waals surface area contributed by atoms with Crippen LogP contribution in [-0.2, 0) is 14.3 Å². The van der Waals surface area contributed by atoms with Crippen LogP contribution in [-0.4, -0.2) is 46.9 Å². The van der Waals surface area contributed by atoms with Gasteiger partial charge in [0, 0.05) is 6.42 Å². The summed E-state index contributed by atoms with van der Waals surface area (Å²) in [5.74, 6) is -0.471. The highest BCUT2D eigenvalue weighted by Gasteiger charge is 2.24. The smallest absolute Gasteiger partial charge is 0.306 e. The maximum absolute atomic E-state index is 13.2. The Hall–Kier alpha value is -1.66. The monoisotopic (exact) mass is 902 g/mol. The Kier molecular flexibility index (Phi) is 51.0. The fourth-order valence-corrected chi connectivity index (χ4v) is 8.89. The van der Waals surface area contributed by atoms with Gasteiger partial charge in [0.2, 0.25) is 5.91 Å². The summed E-state index contributed by atoms with van der Waals surface area (Å²) in [6, 6.07) is -0.701. The molecule has 64 heavy (non-hydrogen) atoms. The minimum atomic E-state index is -0.787. The number of nitrogens with one attached hydrogen (secondary N) is 1. The highest BCUT2D eigenvalue weighted by Crippen LogP contribution is 2.18. The number of allylic oxidation sites excluding steroid dienone is 4. The van der Waals surface area contributed by atoms with Crippen LogP contribution >= 0.6 is 0 Å². The molecular weight excluding hydrogens is 791 g/mol. The second kappa shape index (κ2) is 52.3. The second-order valence-corrected chi connectivity index (χ2v) is 19.7. The molecule has 0 aliphatic carbocycles. The van der Waals surface area contributed by atoms with Crippen LogP contribution in [0.3, 0.4) is 0 Å². The average molecular weight is 903 g/mol. The highest BCUT2D eigenvalue weighted by molar-refractivity contribution is 5.77. The van der Waals surface area contributed by atoms with E-state index in [1.54, 1.807) is 0 Å². The average Bonchev–Trinajstić information content (AvgIpc) is 3.29. The Morgan fingerprint density at radius 2 is 0.750 bits per heavy atom. The summed E-state index contributed by atoms with van der Waals surface area (Å²) < 4.78 is 5.96. The topological polar surface area (TPSA) is 95.9 Å². The third-order valence-corrected chi connectivity index (χ3v) is 13.3. The molecule has 0 rings (SSSR count). The molecule has 0 fully saturated rings. The van der Waals surface area contributed by atoms with E-state index in [2.05, 4.69) is 50.4 Å². The van der Waals surface area contributed by atoms with Crippen molar-refractivity contribution < 1.29 is 24.5 Å². The molecule has 6 nitrogen and oxygen atoms in total. The van der Waals surface area contributed by atoms with Crippen LogP contribution in [0, 0.1) is 0 Å². The molecule has 3 unspecified atom stereocenters. The summed E-state index contributed by atoms with van der Waals surface area (Å²) in [7, 11) is 0. The van der Waals surface area contributed by atoms with Crippen molar-refractivity contribution in [3.05, 3.63) is 24.3 Å². The van der Waals surface area contributed by atoms with Crippen molar-refractivity contribution in [2.45, 2.75) is 328 Å². The fourth-order valence-electron chi connectivity index (χ4n) is 8.89. The molecule has 0 saturated heterocycles. The molecule has 0 radical (unpaired) electrons. The molecule has 6 heteroatoms. The van der Waals surface area contributed by atoms with E-state index in [4.69, 9.17) is 4.74 Å². The minimum Gasteiger partial charge on any atom is -0.462 e. The van der Waals surface area contributed by atoms with Gasteiger partial charge < -0.3 is 20.3 Å². The van der Waals surface area contributed by atoms with E-state index in [-0.39, 0.29) is 24.9 Å². The van der Waals surface area contributed by atoms with Crippen LogP contribution in [0.15, 0.2) is 24.3 Å². The standard InChI is InChI=1S/C58H111NO5/c1-4-7-10-13-16-19-22-25-27-28-30-33-36-39-42-45-48-51-58(63)64-54(49-46-43-40-37-34-32-29-26-23-20-17-14-11-8-5-2)52-57(62)59-55(53-60)56(61)50-47-44-41-38-35-31-24-21-18-15-12-9-6-3/h25-27,29,54-56,60-61H,4-24,28,30-53H2,1-3H3,(H,59,62)/b27-25+,29-26+. The summed E-state index contributed by atoms with van der Waals surface area (Å²) in [5.41, 5.74) is 0. The summed E-state index contributed by atoms with van der Waals surface area (Å²) in [4.78, 5) is 26.2. The van der Waals surface area contributed by atoms with Crippen LogP contribution in [0.1, 0.15) is 310 Å².